The molecule has 0 spiro atoms. The van der Waals surface area contributed by atoms with Crippen molar-refractivity contribution in [2.45, 2.75) is 39.3 Å². The molecule has 1 N–H and O–H groups in total. The fraction of sp³-hybridized carbons (Fsp3) is 0.444. The van der Waals surface area contributed by atoms with Crippen LogP contribution in [-0.2, 0) is 16.1 Å². The number of hydrogen-bond donors (Lipinski definition) is 1. The van der Waals surface area contributed by atoms with E-state index in [1.165, 1.54) is 0 Å². The molecule has 0 unspecified atom stereocenters. The first-order valence-corrected chi connectivity index (χ1v) is 8.19. The highest BCUT2D eigenvalue weighted by molar-refractivity contribution is 6.30. The van der Waals surface area contributed by atoms with Gasteiger partial charge >= 0.3 is 6.09 Å². The smallest absolute Gasteiger partial charge is 0.407 e. The molecule has 0 aliphatic carbocycles. The van der Waals surface area contributed by atoms with Crippen LogP contribution < -0.4 is 5.32 Å². The van der Waals surface area contributed by atoms with E-state index in [4.69, 9.17) is 16.3 Å². The van der Waals surface area contributed by atoms with Crippen molar-refractivity contribution < 1.29 is 14.3 Å². The van der Waals surface area contributed by atoms with Crippen LogP contribution in [0.15, 0.2) is 36.9 Å². The van der Waals surface area contributed by atoms with Gasteiger partial charge in [0.15, 0.2) is 0 Å². The average molecular weight is 353 g/mol. The summed E-state index contributed by atoms with van der Waals surface area (Å²) in [7, 11) is 0. The lowest BCUT2D eigenvalue weighted by Crippen LogP contribution is -2.39. The van der Waals surface area contributed by atoms with Crippen LogP contribution in [0.5, 0.6) is 0 Å². The second kappa shape index (κ2) is 9.33. The van der Waals surface area contributed by atoms with Crippen molar-refractivity contribution in [1.29, 1.82) is 0 Å². The third kappa shape index (κ3) is 8.02. The van der Waals surface area contributed by atoms with Crippen molar-refractivity contribution in [3.63, 3.8) is 0 Å². The lowest BCUT2D eigenvalue weighted by Gasteiger charge is -2.24. The van der Waals surface area contributed by atoms with Gasteiger partial charge in [-0.25, -0.2) is 4.79 Å². The molecule has 6 heteroatoms. The molecule has 1 aromatic rings. The van der Waals surface area contributed by atoms with Crippen LogP contribution in [0.4, 0.5) is 4.79 Å². The molecule has 0 aliphatic rings. The highest BCUT2D eigenvalue weighted by Crippen LogP contribution is 2.13. The zero-order chi connectivity index (χ0) is 18.2. The van der Waals surface area contributed by atoms with Crippen LogP contribution in [-0.4, -0.2) is 35.6 Å². The van der Waals surface area contributed by atoms with Gasteiger partial charge < -0.3 is 15.0 Å². The third-order valence-corrected chi connectivity index (χ3v) is 3.22. The minimum atomic E-state index is -0.552. The fourth-order valence-corrected chi connectivity index (χ4v) is 2.22. The minimum absolute atomic E-state index is 0.0593. The molecule has 0 radical (unpaired) electrons. The summed E-state index contributed by atoms with van der Waals surface area (Å²) < 4.78 is 5.17. The highest BCUT2D eigenvalue weighted by Gasteiger charge is 2.17. The van der Waals surface area contributed by atoms with E-state index in [0.717, 1.165) is 5.56 Å². The molecule has 0 aromatic heterocycles. The number of alkyl carbamates (subject to hydrolysis) is 1. The number of hydrogen-bond acceptors (Lipinski definition) is 3. The molecular formula is C18H25ClN2O3. The van der Waals surface area contributed by atoms with Crippen molar-refractivity contribution in [2.24, 2.45) is 0 Å². The van der Waals surface area contributed by atoms with Crippen LogP contribution >= 0.6 is 11.6 Å². The Morgan fingerprint density at radius 1 is 1.38 bits per heavy atom. The number of carbonyl (C=O) groups excluding carboxylic acids is 2. The van der Waals surface area contributed by atoms with Gasteiger partial charge in [-0.2, -0.15) is 0 Å². The molecule has 0 atom stereocenters. The van der Waals surface area contributed by atoms with Gasteiger partial charge in [-0.15, -0.1) is 6.58 Å². The summed E-state index contributed by atoms with van der Waals surface area (Å²) in [5.41, 5.74) is 0.376. The Bertz CT molecular complexity index is 582. The number of benzene rings is 1. The Balaban J connectivity index is 2.61. The van der Waals surface area contributed by atoms with Crippen molar-refractivity contribution >= 4 is 23.6 Å². The molecule has 132 valence electrons. The van der Waals surface area contributed by atoms with E-state index in [-0.39, 0.29) is 12.3 Å². The van der Waals surface area contributed by atoms with Crippen molar-refractivity contribution in [3.8, 4) is 0 Å². The Labute approximate surface area is 148 Å². The summed E-state index contributed by atoms with van der Waals surface area (Å²) in [6.45, 7) is 10.1. The van der Waals surface area contributed by atoms with Gasteiger partial charge in [0, 0.05) is 31.1 Å². The molecule has 0 saturated heterocycles. The van der Waals surface area contributed by atoms with Crippen LogP contribution in [0.1, 0.15) is 32.8 Å². The Morgan fingerprint density at radius 2 is 2.08 bits per heavy atom. The SMILES string of the molecule is C=CCC(=O)N(CCNC(=O)OC(C)(C)C)Cc1cccc(Cl)c1. The van der Waals surface area contributed by atoms with E-state index in [0.29, 0.717) is 24.7 Å². The number of nitrogens with one attached hydrogen (secondary N) is 1. The summed E-state index contributed by atoms with van der Waals surface area (Å²) in [4.78, 5) is 25.5. The van der Waals surface area contributed by atoms with Gasteiger partial charge in [0.1, 0.15) is 5.60 Å². The number of ether oxygens (including phenoxy) is 1. The summed E-state index contributed by atoms with van der Waals surface area (Å²) in [6.07, 6.45) is 1.31. The first-order chi connectivity index (χ1) is 11.2. The zero-order valence-electron chi connectivity index (χ0n) is 14.5. The molecule has 24 heavy (non-hydrogen) atoms. The van der Waals surface area contributed by atoms with Crippen LogP contribution in [0.25, 0.3) is 0 Å². The number of halogens is 1. The normalized spacial score (nSPS) is 10.8. The second-order valence-corrected chi connectivity index (χ2v) is 6.80. The first-order valence-electron chi connectivity index (χ1n) is 7.81. The molecule has 0 bridgehead atoms. The quantitative estimate of drug-likeness (QED) is 0.760. The molecule has 0 fully saturated rings. The highest BCUT2D eigenvalue weighted by atomic mass is 35.5. The van der Waals surface area contributed by atoms with Gasteiger partial charge in [0.25, 0.3) is 0 Å². The molecule has 0 heterocycles. The number of nitrogens with zero attached hydrogens (tertiary/aromatic N) is 1. The summed E-state index contributed by atoms with van der Waals surface area (Å²) in [5, 5.41) is 3.28. The average Bonchev–Trinajstić information content (AvgIpc) is 2.44. The van der Waals surface area contributed by atoms with Crippen molar-refractivity contribution in [1.82, 2.24) is 10.2 Å². The van der Waals surface area contributed by atoms with E-state index in [1.54, 1.807) is 37.8 Å². The Kier molecular flexibility index (Phi) is 7.79. The van der Waals surface area contributed by atoms with Crippen molar-refractivity contribution in [2.75, 3.05) is 13.1 Å². The van der Waals surface area contributed by atoms with Gasteiger partial charge in [0.05, 0.1) is 0 Å². The van der Waals surface area contributed by atoms with E-state index >= 15 is 0 Å². The predicted octanol–water partition coefficient (Wildman–Crippen LogP) is 3.77. The maximum Gasteiger partial charge on any atom is 0.407 e. The number of amides is 2. The largest absolute Gasteiger partial charge is 0.444 e. The molecule has 1 aromatic carbocycles. The fourth-order valence-electron chi connectivity index (χ4n) is 2.01. The van der Waals surface area contributed by atoms with Crippen LogP contribution in [0.2, 0.25) is 5.02 Å². The second-order valence-electron chi connectivity index (χ2n) is 6.37. The summed E-state index contributed by atoms with van der Waals surface area (Å²) in [6, 6.07) is 7.34. The van der Waals surface area contributed by atoms with Gasteiger partial charge in [-0.3, -0.25) is 4.79 Å². The monoisotopic (exact) mass is 352 g/mol. The van der Waals surface area contributed by atoms with E-state index in [1.807, 2.05) is 18.2 Å². The predicted molar refractivity (Wildman–Crippen MR) is 95.9 cm³/mol. The summed E-state index contributed by atoms with van der Waals surface area (Å²) in [5.74, 6) is -0.0593. The molecule has 2 amide bonds. The lowest BCUT2D eigenvalue weighted by molar-refractivity contribution is -0.130. The van der Waals surface area contributed by atoms with Gasteiger partial charge in [0.2, 0.25) is 5.91 Å². The zero-order valence-corrected chi connectivity index (χ0v) is 15.2. The summed E-state index contributed by atoms with van der Waals surface area (Å²) >= 11 is 5.98. The van der Waals surface area contributed by atoms with Crippen molar-refractivity contribution in [3.05, 3.63) is 47.5 Å². The molecule has 1 rings (SSSR count). The van der Waals surface area contributed by atoms with E-state index < -0.39 is 11.7 Å². The minimum Gasteiger partial charge on any atom is -0.444 e. The number of rotatable bonds is 7. The van der Waals surface area contributed by atoms with Crippen LogP contribution in [0, 0.1) is 0 Å². The third-order valence-electron chi connectivity index (χ3n) is 2.98. The van der Waals surface area contributed by atoms with Gasteiger partial charge in [-0.05, 0) is 38.5 Å². The first kappa shape index (κ1) is 20.0. The Hall–Kier alpha value is -2.01. The molecular weight excluding hydrogens is 328 g/mol. The molecule has 5 nitrogen and oxygen atoms in total. The topological polar surface area (TPSA) is 58.6 Å². The molecule has 0 aliphatic heterocycles. The standard InChI is InChI=1S/C18H25ClN2O3/c1-5-7-16(22)21(13-14-8-6-9-15(19)12-14)11-10-20-17(23)24-18(2,3)4/h5-6,8-9,12H,1,7,10-11,13H2,2-4H3,(H,20,23). The van der Waals surface area contributed by atoms with E-state index in [9.17, 15) is 9.59 Å². The van der Waals surface area contributed by atoms with Gasteiger partial charge in [-0.1, -0.05) is 29.8 Å². The van der Waals surface area contributed by atoms with Crippen LogP contribution in [0.3, 0.4) is 0 Å². The number of carbonyl (C=O) groups is 2. The van der Waals surface area contributed by atoms with E-state index in [2.05, 4.69) is 11.9 Å². The lowest BCUT2D eigenvalue weighted by atomic mass is 10.2. The molecule has 0 saturated carbocycles. The maximum atomic E-state index is 12.2. The Morgan fingerprint density at radius 3 is 2.67 bits per heavy atom. The maximum absolute atomic E-state index is 12.2.